The molecule has 0 saturated heterocycles. The Kier molecular flexibility index (Phi) is 5.16. The Bertz CT molecular complexity index is 591. The topological polar surface area (TPSA) is 47.4 Å². The van der Waals surface area contributed by atoms with E-state index in [-0.39, 0.29) is 11.8 Å². The van der Waals surface area contributed by atoms with Crippen molar-refractivity contribution in [1.29, 1.82) is 0 Å². The molecule has 1 atom stereocenters. The van der Waals surface area contributed by atoms with Crippen molar-refractivity contribution in [3.05, 3.63) is 29.1 Å². The quantitative estimate of drug-likeness (QED) is 0.785. The molecule has 0 radical (unpaired) electrons. The molecular weight excluding hydrogens is 290 g/mol. The first-order chi connectivity index (χ1) is 11.2. The van der Waals surface area contributed by atoms with E-state index in [1.807, 2.05) is 29.7 Å². The maximum atomic E-state index is 12.7. The second kappa shape index (κ2) is 7.30. The summed E-state index contributed by atoms with van der Waals surface area (Å²) in [6, 6.07) is 0. The first kappa shape index (κ1) is 16.2. The van der Waals surface area contributed by atoms with Gasteiger partial charge in [-0.2, -0.15) is 5.10 Å². The molecule has 1 unspecified atom stereocenters. The fourth-order valence-electron chi connectivity index (χ4n) is 3.72. The molecule has 0 bridgehead atoms. The Hall–Kier alpha value is -1.62. The van der Waals surface area contributed by atoms with Gasteiger partial charge in [0.2, 0.25) is 5.91 Å². The van der Waals surface area contributed by atoms with E-state index < -0.39 is 0 Å². The fraction of sp³-hybridized carbons (Fsp3) is 0.667. The standard InChI is InChI=1S/C18H27N3O2/c1-3-23-13-16-12-21(11-15-10-19-20(2)18(15)16)17(22)9-14-7-5-4-6-8-14/h7,10,16H,3-6,8-9,11-13H2,1-2H3. The van der Waals surface area contributed by atoms with Crippen molar-refractivity contribution in [3.8, 4) is 0 Å². The minimum atomic E-state index is 0.218. The number of carbonyl (C=O) groups excluding carboxylic acids is 1. The highest BCUT2D eigenvalue weighted by Gasteiger charge is 2.31. The van der Waals surface area contributed by atoms with Gasteiger partial charge in [0, 0.05) is 44.6 Å². The van der Waals surface area contributed by atoms with Crippen molar-refractivity contribution in [1.82, 2.24) is 14.7 Å². The lowest BCUT2D eigenvalue weighted by atomic mass is 9.94. The molecule has 1 aliphatic heterocycles. The van der Waals surface area contributed by atoms with E-state index in [4.69, 9.17) is 4.74 Å². The summed E-state index contributed by atoms with van der Waals surface area (Å²) in [5.74, 6) is 0.463. The Balaban J connectivity index is 1.71. The lowest BCUT2D eigenvalue weighted by molar-refractivity contribution is -0.132. The van der Waals surface area contributed by atoms with Crippen LogP contribution < -0.4 is 0 Å². The van der Waals surface area contributed by atoms with Gasteiger partial charge in [-0.15, -0.1) is 0 Å². The Morgan fingerprint density at radius 1 is 1.43 bits per heavy atom. The molecule has 0 saturated carbocycles. The first-order valence-electron chi connectivity index (χ1n) is 8.73. The molecule has 126 valence electrons. The molecule has 1 aromatic rings. The molecule has 23 heavy (non-hydrogen) atoms. The van der Waals surface area contributed by atoms with Crippen molar-refractivity contribution in [2.24, 2.45) is 7.05 Å². The molecule has 5 nitrogen and oxygen atoms in total. The number of hydrogen-bond donors (Lipinski definition) is 0. The van der Waals surface area contributed by atoms with E-state index in [9.17, 15) is 4.79 Å². The van der Waals surface area contributed by atoms with Crippen LogP contribution in [0.5, 0.6) is 0 Å². The molecule has 3 rings (SSSR count). The molecule has 1 aromatic heterocycles. The summed E-state index contributed by atoms with van der Waals surface area (Å²) in [6.45, 7) is 4.77. The van der Waals surface area contributed by atoms with Gasteiger partial charge in [0.1, 0.15) is 0 Å². The van der Waals surface area contributed by atoms with E-state index in [1.165, 1.54) is 24.1 Å². The molecule has 1 amide bonds. The highest BCUT2D eigenvalue weighted by Crippen LogP contribution is 2.29. The molecule has 0 spiro atoms. The lowest BCUT2D eigenvalue weighted by Gasteiger charge is -2.33. The highest BCUT2D eigenvalue weighted by molar-refractivity contribution is 5.79. The number of hydrogen-bond acceptors (Lipinski definition) is 3. The molecule has 0 aromatic carbocycles. The van der Waals surface area contributed by atoms with Crippen molar-refractivity contribution in [3.63, 3.8) is 0 Å². The summed E-state index contributed by atoms with van der Waals surface area (Å²) in [7, 11) is 1.97. The lowest BCUT2D eigenvalue weighted by Crippen LogP contribution is -2.40. The highest BCUT2D eigenvalue weighted by atomic mass is 16.5. The second-order valence-corrected chi connectivity index (χ2v) is 6.59. The Morgan fingerprint density at radius 3 is 3.04 bits per heavy atom. The molecule has 2 heterocycles. The van der Waals surface area contributed by atoms with Crippen molar-refractivity contribution in [2.75, 3.05) is 19.8 Å². The van der Waals surface area contributed by atoms with E-state index >= 15 is 0 Å². The minimum absolute atomic E-state index is 0.218. The van der Waals surface area contributed by atoms with Gasteiger partial charge in [0.15, 0.2) is 0 Å². The number of rotatable bonds is 5. The summed E-state index contributed by atoms with van der Waals surface area (Å²) in [5, 5.41) is 4.38. The summed E-state index contributed by atoms with van der Waals surface area (Å²) < 4.78 is 7.58. The second-order valence-electron chi connectivity index (χ2n) is 6.59. The average Bonchev–Trinajstić information content (AvgIpc) is 2.95. The van der Waals surface area contributed by atoms with Crippen LogP contribution in [0.15, 0.2) is 17.8 Å². The number of ether oxygens (including phenoxy) is 1. The van der Waals surface area contributed by atoms with Crippen LogP contribution in [-0.2, 0) is 23.1 Å². The number of fused-ring (bicyclic) bond motifs is 1. The Morgan fingerprint density at radius 2 is 2.30 bits per heavy atom. The molecule has 0 N–H and O–H groups in total. The van der Waals surface area contributed by atoms with Gasteiger partial charge >= 0.3 is 0 Å². The maximum absolute atomic E-state index is 12.7. The normalized spacial score (nSPS) is 21.0. The largest absolute Gasteiger partial charge is 0.381 e. The van der Waals surface area contributed by atoms with Crippen LogP contribution >= 0.6 is 0 Å². The molecule has 1 aliphatic carbocycles. The number of carbonyl (C=O) groups is 1. The van der Waals surface area contributed by atoms with Crippen LogP contribution in [0.1, 0.15) is 56.2 Å². The van der Waals surface area contributed by atoms with Crippen molar-refractivity contribution in [2.45, 2.75) is 51.5 Å². The predicted octanol–water partition coefficient (Wildman–Crippen LogP) is 2.77. The zero-order valence-corrected chi connectivity index (χ0v) is 14.3. The number of allylic oxidation sites excluding steroid dienone is 1. The van der Waals surface area contributed by atoms with Crippen LogP contribution in [0.2, 0.25) is 0 Å². The van der Waals surface area contributed by atoms with Gasteiger partial charge in [0.25, 0.3) is 0 Å². The van der Waals surface area contributed by atoms with Crippen molar-refractivity contribution < 1.29 is 9.53 Å². The smallest absolute Gasteiger partial charge is 0.226 e. The molecule has 5 heteroatoms. The van der Waals surface area contributed by atoms with Gasteiger partial charge in [-0.05, 0) is 32.6 Å². The zero-order valence-electron chi connectivity index (χ0n) is 14.3. The van der Waals surface area contributed by atoms with Gasteiger partial charge < -0.3 is 9.64 Å². The summed E-state index contributed by atoms with van der Waals surface area (Å²) in [4.78, 5) is 14.7. The zero-order chi connectivity index (χ0) is 16.2. The van der Waals surface area contributed by atoms with Gasteiger partial charge in [-0.1, -0.05) is 11.6 Å². The van der Waals surface area contributed by atoms with E-state index in [0.29, 0.717) is 26.2 Å². The third-order valence-electron chi connectivity index (χ3n) is 4.89. The fourth-order valence-corrected chi connectivity index (χ4v) is 3.72. The van der Waals surface area contributed by atoms with E-state index in [2.05, 4.69) is 11.2 Å². The third kappa shape index (κ3) is 3.66. The minimum Gasteiger partial charge on any atom is -0.381 e. The SMILES string of the molecule is CCOCC1CN(C(=O)CC2=CCCCC2)Cc2cnn(C)c21. The van der Waals surface area contributed by atoms with Gasteiger partial charge in [-0.25, -0.2) is 0 Å². The number of aromatic nitrogens is 2. The van der Waals surface area contributed by atoms with Crippen LogP contribution in [0.4, 0.5) is 0 Å². The van der Waals surface area contributed by atoms with Crippen LogP contribution in [0, 0.1) is 0 Å². The Labute approximate surface area is 138 Å². The number of amides is 1. The monoisotopic (exact) mass is 317 g/mol. The molecule has 0 fully saturated rings. The van der Waals surface area contributed by atoms with Crippen LogP contribution in [0.3, 0.4) is 0 Å². The summed E-state index contributed by atoms with van der Waals surface area (Å²) in [6.07, 6.45) is 9.43. The average molecular weight is 317 g/mol. The number of nitrogens with zero attached hydrogens (tertiary/aromatic N) is 3. The van der Waals surface area contributed by atoms with Crippen LogP contribution in [-0.4, -0.2) is 40.3 Å². The van der Waals surface area contributed by atoms with Crippen molar-refractivity contribution >= 4 is 5.91 Å². The molecular formula is C18H27N3O2. The molecule has 2 aliphatic rings. The summed E-state index contributed by atoms with van der Waals surface area (Å²) >= 11 is 0. The number of aryl methyl sites for hydroxylation is 1. The van der Waals surface area contributed by atoms with Gasteiger partial charge in [0.05, 0.1) is 18.5 Å². The first-order valence-corrected chi connectivity index (χ1v) is 8.73. The van der Waals surface area contributed by atoms with Crippen LogP contribution in [0.25, 0.3) is 0 Å². The predicted molar refractivity (Wildman–Crippen MR) is 89.0 cm³/mol. The summed E-state index contributed by atoms with van der Waals surface area (Å²) in [5.41, 5.74) is 3.70. The maximum Gasteiger partial charge on any atom is 0.226 e. The van der Waals surface area contributed by atoms with E-state index in [0.717, 1.165) is 24.9 Å². The van der Waals surface area contributed by atoms with E-state index in [1.54, 1.807) is 0 Å². The third-order valence-corrected chi connectivity index (χ3v) is 4.89. The van der Waals surface area contributed by atoms with Gasteiger partial charge in [-0.3, -0.25) is 9.48 Å².